The van der Waals surface area contributed by atoms with Crippen LogP contribution in [0.2, 0.25) is 0 Å². The number of aromatic nitrogens is 6. The molecular formula is C16H19N7O. The van der Waals surface area contributed by atoms with Crippen LogP contribution < -0.4 is 0 Å². The SMILES string of the molecule is Cc1cc(C)n2nc(C(=O)N3CCC[C@H]3Cn3cccn3)nc2n1. The second kappa shape index (κ2) is 5.70. The molecule has 1 amide bonds. The molecule has 0 aromatic carbocycles. The summed E-state index contributed by atoms with van der Waals surface area (Å²) in [7, 11) is 0. The molecule has 8 heteroatoms. The fraction of sp³-hybridized carbons (Fsp3) is 0.438. The lowest BCUT2D eigenvalue weighted by atomic mass is 10.2. The van der Waals surface area contributed by atoms with E-state index in [1.165, 1.54) is 0 Å². The van der Waals surface area contributed by atoms with Crippen LogP contribution in [0.3, 0.4) is 0 Å². The summed E-state index contributed by atoms with van der Waals surface area (Å²) < 4.78 is 3.49. The van der Waals surface area contributed by atoms with E-state index in [9.17, 15) is 4.79 Å². The molecule has 0 spiro atoms. The van der Waals surface area contributed by atoms with Gasteiger partial charge in [-0.1, -0.05) is 0 Å². The zero-order chi connectivity index (χ0) is 16.7. The number of amides is 1. The maximum atomic E-state index is 12.9. The lowest BCUT2D eigenvalue weighted by Crippen LogP contribution is -2.38. The van der Waals surface area contributed by atoms with Crippen molar-refractivity contribution in [2.24, 2.45) is 0 Å². The van der Waals surface area contributed by atoms with Gasteiger partial charge in [-0.15, -0.1) is 5.10 Å². The summed E-state index contributed by atoms with van der Waals surface area (Å²) in [5.74, 6) is 0.550. The highest BCUT2D eigenvalue weighted by atomic mass is 16.2. The normalized spacial score (nSPS) is 17.8. The van der Waals surface area contributed by atoms with Gasteiger partial charge < -0.3 is 4.90 Å². The van der Waals surface area contributed by atoms with Gasteiger partial charge in [-0.05, 0) is 38.8 Å². The van der Waals surface area contributed by atoms with Crippen LogP contribution >= 0.6 is 0 Å². The van der Waals surface area contributed by atoms with Crippen molar-refractivity contribution in [3.05, 3.63) is 41.7 Å². The summed E-state index contributed by atoms with van der Waals surface area (Å²) in [6.45, 7) is 5.26. The molecule has 3 aromatic heterocycles. The quantitative estimate of drug-likeness (QED) is 0.724. The first-order valence-corrected chi connectivity index (χ1v) is 8.11. The molecular weight excluding hydrogens is 306 g/mol. The van der Waals surface area contributed by atoms with E-state index in [1.54, 1.807) is 10.7 Å². The van der Waals surface area contributed by atoms with Crippen LogP contribution in [0.15, 0.2) is 24.5 Å². The summed E-state index contributed by atoms with van der Waals surface area (Å²) in [6, 6.07) is 3.94. The molecule has 1 fully saturated rings. The molecule has 4 rings (SSSR count). The minimum Gasteiger partial charge on any atom is -0.331 e. The predicted molar refractivity (Wildman–Crippen MR) is 86.5 cm³/mol. The summed E-state index contributed by atoms with van der Waals surface area (Å²) in [6.07, 6.45) is 5.62. The number of hydrogen-bond acceptors (Lipinski definition) is 5. The van der Waals surface area contributed by atoms with Crippen molar-refractivity contribution in [1.82, 2.24) is 34.3 Å². The van der Waals surface area contributed by atoms with Gasteiger partial charge in [0.15, 0.2) is 0 Å². The Bertz CT molecular complexity index is 883. The lowest BCUT2D eigenvalue weighted by Gasteiger charge is -2.23. The monoisotopic (exact) mass is 325 g/mol. The molecule has 1 aliphatic rings. The van der Waals surface area contributed by atoms with Crippen LogP contribution in [-0.2, 0) is 6.54 Å². The minimum absolute atomic E-state index is 0.125. The topological polar surface area (TPSA) is 81.2 Å². The third kappa shape index (κ3) is 2.53. The molecule has 3 aromatic rings. The molecule has 0 unspecified atom stereocenters. The van der Waals surface area contributed by atoms with Gasteiger partial charge in [0.05, 0.1) is 12.6 Å². The number of carbonyl (C=O) groups is 1. The summed E-state index contributed by atoms with van der Waals surface area (Å²) in [5.41, 5.74) is 1.78. The van der Waals surface area contributed by atoms with E-state index in [-0.39, 0.29) is 17.8 Å². The van der Waals surface area contributed by atoms with Gasteiger partial charge >= 0.3 is 0 Å². The number of nitrogens with zero attached hydrogens (tertiary/aromatic N) is 7. The highest BCUT2D eigenvalue weighted by molar-refractivity contribution is 5.91. The van der Waals surface area contributed by atoms with Crippen molar-refractivity contribution < 1.29 is 4.79 Å². The van der Waals surface area contributed by atoms with Gasteiger partial charge in [0, 0.05) is 30.3 Å². The first kappa shape index (κ1) is 14.8. The molecule has 0 radical (unpaired) electrons. The molecule has 0 saturated carbocycles. The number of fused-ring (bicyclic) bond motifs is 1. The predicted octanol–water partition coefficient (Wildman–Crippen LogP) is 1.24. The molecule has 124 valence electrons. The van der Waals surface area contributed by atoms with Crippen LogP contribution in [0, 0.1) is 13.8 Å². The van der Waals surface area contributed by atoms with Crippen LogP contribution in [0.1, 0.15) is 34.8 Å². The standard InChI is InChI=1S/C16H19N7O/c1-11-9-12(2)23-16(18-11)19-14(20-23)15(24)22-8-3-5-13(22)10-21-7-4-6-17-21/h4,6-7,9,13H,3,5,8,10H2,1-2H3/t13-/m0/s1. The lowest BCUT2D eigenvalue weighted by molar-refractivity contribution is 0.0709. The number of rotatable bonds is 3. The highest BCUT2D eigenvalue weighted by Gasteiger charge is 2.32. The van der Waals surface area contributed by atoms with E-state index >= 15 is 0 Å². The third-order valence-corrected chi connectivity index (χ3v) is 4.40. The zero-order valence-electron chi connectivity index (χ0n) is 13.8. The molecule has 0 aliphatic carbocycles. The van der Waals surface area contributed by atoms with E-state index in [0.717, 1.165) is 30.8 Å². The summed E-state index contributed by atoms with van der Waals surface area (Å²) >= 11 is 0. The van der Waals surface area contributed by atoms with Crippen molar-refractivity contribution in [2.45, 2.75) is 39.3 Å². The van der Waals surface area contributed by atoms with E-state index in [1.807, 2.05) is 41.8 Å². The fourth-order valence-electron chi connectivity index (χ4n) is 3.30. The zero-order valence-corrected chi connectivity index (χ0v) is 13.8. The molecule has 1 aliphatic heterocycles. The van der Waals surface area contributed by atoms with Crippen LogP contribution in [0.5, 0.6) is 0 Å². The molecule has 1 atom stereocenters. The number of aryl methyl sites for hydroxylation is 2. The maximum absolute atomic E-state index is 12.9. The van der Waals surface area contributed by atoms with Gasteiger partial charge in [-0.2, -0.15) is 10.1 Å². The molecule has 8 nitrogen and oxygen atoms in total. The number of hydrogen-bond donors (Lipinski definition) is 0. The first-order chi connectivity index (χ1) is 11.6. The van der Waals surface area contributed by atoms with Crippen molar-refractivity contribution in [3.8, 4) is 0 Å². The Balaban J connectivity index is 1.61. The Hall–Kier alpha value is -2.77. The second-order valence-electron chi connectivity index (χ2n) is 6.21. The van der Waals surface area contributed by atoms with E-state index in [4.69, 9.17) is 0 Å². The number of carbonyl (C=O) groups excluding carboxylic acids is 1. The van der Waals surface area contributed by atoms with E-state index in [2.05, 4.69) is 20.2 Å². The van der Waals surface area contributed by atoms with E-state index in [0.29, 0.717) is 12.3 Å². The average Bonchev–Trinajstić information content (AvgIpc) is 3.26. The molecule has 24 heavy (non-hydrogen) atoms. The summed E-state index contributed by atoms with van der Waals surface area (Å²) in [5, 5.41) is 8.59. The van der Waals surface area contributed by atoms with Crippen molar-refractivity contribution in [2.75, 3.05) is 6.54 Å². The van der Waals surface area contributed by atoms with Crippen LogP contribution in [-0.4, -0.2) is 52.8 Å². The molecule has 0 N–H and O–H groups in total. The van der Waals surface area contributed by atoms with Crippen molar-refractivity contribution >= 4 is 11.7 Å². The van der Waals surface area contributed by atoms with Gasteiger partial charge in [-0.3, -0.25) is 9.48 Å². The third-order valence-electron chi connectivity index (χ3n) is 4.40. The minimum atomic E-state index is -0.132. The first-order valence-electron chi connectivity index (χ1n) is 8.11. The largest absolute Gasteiger partial charge is 0.331 e. The van der Waals surface area contributed by atoms with Crippen LogP contribution in [0.25, 0.3) is 5.78 Å². The second-order valence-corrected chi connectivity index (χ2v) is 6.21. The highest BCUT2D eigenvalue weighted by Crippen LogP contribution is 2.21. The van der Waals surface area contributed by atoms with Gasteiger partial charge in [-0.25, -0.2) is 9.50 Å². The maximum Gasteiger partial charge on any atom is 0.293 e. The van der Waals surface area contributed by atoms with Crippen molar-refractivity contribution in [3.63, 3.8) is 0 Å². The Morgan fingerprint density at radius 1 is 1.33 bits per heavy atom. The Labute approximate surface area is 139 Å². The fourth-order valence-corrected chi connectivity index (χ4v) is 3.30. The smallest absolute Gasteiger partial charge is 0.293 e. The Kier molecular flexibility index (Phi) is 3.51. The van der Waals surface area contributed by atoms with Gasteiger partial charge in [0.25, 0.3) is 11.7 Å². The summed E-state index contributed by atoms with van der Waals surface area (Å²) in [4.78, 5) is 23.4. The number of likely N-dealkylation sites (tertiary alicyclic amines) is 1. The Morgan fingerprint density at radius 3 is 3.00 bits per heavy atom. The molecule has 0 bridgehead atoms. The van der Waals surface area contributed by atoms with Crippen LogP contribution in [0.4, 0.5) is 0 Å². The average molecular weight is 325 g/mol. The van der Waals surface area contributed by atoms with Gasteiger partial charge in [0.1, 0.15) is 0 Å². The molecule has 4 heterocycles. The molecule has 1 saturated heterocycles. The van der Waals surface area contributed by atoms with Crippen molar-refractivity contribution in [1.29, 1.82) is 0 Å². The van der Waals surface area contributed by atoms with E-state index < -0.39 is 0 Å². The Morgan fingerprint density at radius 2 is 2.21 bits per heavy atom. The van der Waals surface area contributed by atoms with Gasteiger partial charge in [0.2, 0.25) is 5.82 Å².